The zero-order chi connectivity index (χ0) is 9.19. The summed E-state index contributed by atoms with van der Waals surface area (Å²) >= 11 is 0. The van der Waals surface area contributed by atoms with Gasteiger partial charge in [0.25, 0.3) is 0 Å². The molecule has 0 amide bonds. The fourth-order valence-corrected chi connectivity index (χ4v) is 1.30. The van der Waals surface area contributed by atoms with Crippen LogP contribution >= 0.6 is 0 Å². The highest BCUT2D eigenvalue weighted by Crippen LogP contribution is 2.13. The van der Waals surface area contributed by atoms with Crippen LogP contribution < -0.4 is 5.32 Å². The Kier molecular flexibility index (Phi) is 3.09. The van der Waals surface area contributed by atoms with Gasteiger partial charge < -0.3 is 15.2 Å². The van der Waals surface area contributed by atoms with E-state index in [4.69, 9.17) is 4.74 Å². The van der Waals surface area contributed by atoms with Crippen molar-refractivity contribution in [2.45, 2.75) is 44.9 Å². The maximum Gasteiger partial charge on any atom is 0.0688 e. The third kappa shape index (κ3) is 2.44. The Hall–Kier alpha value is -0.120. The molecule has 3 heteroatoms. The van der Waals surface area contributed by atoms with E-state index in [1.165, 1.54) is 0 Å². The summed E-state index contributed by atoms with van der Waals surface area (Å²) in [6, 6.07) is 0.412. The lowest BCUT2D eigenvalue weighted by Crippen LogP contribution is -2.52. The first-order valence-electron chi connectivity index (χ1n) is 4.56. The van der Waals surface area contributed by atoms with Gasteiger partial charge in [-0.1, -0.05) is 0 Å². The molecule has 1 fully saturated rings. The van der Waals surface area contributed by atoms with Crippen molar-refractivity contribution in [1.29, 1.82) is 0 Å². The van der Waals surface area contributed by atoms with Crippen LogP contribution in [0.3, 0.4) is 0 Å². The third-order valence-corrected chi connectivity index (χ3v) is 2.55. The van der Waals surface area contributed by atoms with Crippen LogP contribution in [-0.2, 0) is 4.74 Å². The Bertz CT molecular complexity index is 139. The molecule has 1 saturated heterocycles. The van der Waals surface area contributed by atoms with Gasteiger partial charge in [-0.25, -0.2) is 0 Å². The van der Waals surface area contributed by atoms with E-state index in [1.54, 1.807) is 0 Å². The summed E-state index contributed by atoms with van der Waals surface area (Å²) in [6.45, 7) is 7.44. The molecule has 3 nitrogen and oxygen atoms in total. The molecule has 0 radical (unpaired) electrons. The summed E-state index contributed by atoms with van der Waals surface area (Å²) in [7, 11) is 0. The molecule has 1 rings (SSSR count). The summed E-state index contributed by atoms with van der Waals surface area (Å²) < 4.78 is 5.24. The lowest BCUT2D eigenvalue weighted by molar-refractivity contribution is 0.0849. The predicted molar refractivity (Wildman–Crippen MR) is 48.1 cm³/mol. The molecule has 1 aliphatic heterocycles. The van der Waals surface area contributed by atoms with Gasteiger partial charge in [0.1, 0.15) is 0 Å². The largest absolute Gasteiger partial charge is 0.392 e. The molecule has 2 N–H and O–H groups in total. The molecule has 0 aromatic heterocycles. The number of aliphatic hydroxyl groups excluding tert-OH is 1. The Morgan fingerprint density at radius 2 is 2.25 bits per heavy atom. The van der Waals surface area contributed by atoms with Crippen molar-refractivity contribution in [2.24, 2.45) is 0 Å². The lowest BCUT2D eigenvalue weighted by Gasteiger charge is -2.32. The van der Waals surface area contributed by atoms with Gasteiger partial charge in [-0.2, -0.15) is 0 Å². The molecule has 0 aromatic rings. The summed E-state index contributed by atoms with van der Waals surface area (Å²) in [5.74, 6) is 0. The monoisotopic (exact) mass is 173 g/mol. The molecule has 0 aliphatic carbocycles. The van der Waals surface area contributed by atoms with Crippen LogP contribution in [0.5, 0.6) is 0 Å². The highest BCUT2D eigenvalue weighted by molar-refractivity contribution is 4.87. The Labute approximate surface area is 74.1 Å². The van der Waals surface area contributed by atoms with Gasteiger partial charge in [-0.05, 0) is 27.2 Å². The second kappa shape index (κ2) is 3.73. The standard InChI is InChI=1S/C9H19NO2/c1-7(11)9(2,3)10-8-4-5-12-6-8/h7-8,10-11H,4-6H2,1-3H3. The van der Waals surface area contributed by atoms with Crippen LogP contribution in [-0.4, -0.2) is 36.0 Å². The van der Waals surface area contributed by atoms with Crippen LogP contribution in [0.1, 0.15) is 27.2 Å². The average molecular weight is 173 g/mol. The van der Waals surface area contributed by atoms with E-state index >= 15 is 0 Å². The van der Waals surface area contributed by atoms with E-state index in [9.17, 15) is 5.11 Å². The second-order valence-corrected chi connectivity index (χ2v) is 4.10. The van der Waals surface area contributed by atoms with Gasteiger partial charge in [0, 0.05) is 18.2 Å². The second-order valence-electron chi connectivity index (χ2n) is 4.10. The number of rotatable bonds is 3. The Balaban J connectivity index is 2.37. The van der Waals surface area contributed by atoms with Crippen LogP contribution in [0.15, 0.2) is 0 Å². The van der Waals surface area contributed by atoms with Crippen molar-refractivity contribution in [3.63, 3.8) is 0 Å². The molecule has 2 atom stereocenters. The van der Waals surface area contributed by atoms with E-state index in [0.717, 1.165) is 19.6 Å². The van der Waals surface area contributed by atoms with E-state index in [1.807, 2.05) is 20.8 Å². The van der Waals surface area contributed by atoms with Gasteiger partial charge >= 0.3 is 0 Å². The lowest BCUT2D eigenvalue weighted by atomic mass is 9.97. The number of nitrogens with one attached hydrogen (secondary N) is 1. The minimum Gasteiger partial charge on any atom is -0.392 e. The molecular weight excluding hydrogens is 154 g/mol. The molecule has 0 spiro atoms. The summed E-state index contributed by atoms with van der Waals surface area (Å²) in [5, 5.41) is 12.8. The summed E-state index contributed by atoms with van der Waals surface area (Å²) in [6.07, 6.45) is 0.717. The van der Waals surface area contributed by atoms with Gasteiger partial charge in [-0.15, -0.1) is 0 Å². The van der Waals surface area contributed by atoms with Crippen LogP contribution in [0.25, 0.3) is 0 Å². The van der Waals surface area contributed by atoms with Crippen molar-refractivity contribution in [1.82, 2.24) is 5.32 Å². The fourth-order valence-electron chi connectivity index (χ4n) is 1.30. The van der Waals surface area contributed by atoms with Gasteiger partial charge in [-0.3, -0.25) is 0 Å². The summed E-state index contributed by atoms with van der Waals surface area (Å²) in [5.41, 5.74) is -0.210. The van der Waals surface area contributed by atoms with E-state index in [0.29, 0.717) is 6.04 Å². The molecule has 12 heavy (non-hydrogen) atoms. The van der Waals surface area contributed by atoms with Gasteiger partial charge in [0.05, 0.1) is 12.7 Å². The first-order valence-corrected chi connectivity index (χ1v) is 4.56. The van der Waals surface area contributed by atoms with Gasteiger partial charge in [0.15, 0.2) is 0 Å². The SMILES string of the molecule is CC(O)C(C)(C)NC1CCOC1. The highest BCUT2D eigenvalue weighted by atomic mass is 16.5. The summed E-state index contributed by atoms with van der Waals surface area (Å²) in [4.78, 5) is 0. The fraction of sp³-hybridized carbons (Fsp3) is 1.00. The van der Waals surface area contributed by atoms with Crippen molar-refractivity contribution in [3.05, 3.63) is 0 Å². The maximum absolute atomic E-state index is 9.44. The van der Waals surface area contributed by atoms with Crippen LogP contribution in [0.4, 0.5) is 0 Å². The normalized spacial score (nSPS) is 27.5. The van der Waals surface area contributed by atoms with E-state index in [2.05, 4.69) is 5.32 Å². The first-order chi connectivity index (χ1) is 5.52. The Morgan fingerprint density at radius 3 is 2.67 bits per heavy atom. The van der Waals surface area contributed by atoms with Crippen molar-refractivity contribution in [3.8, 4) is 0 Å². The van der Waals surface area contributed by atoms with Crippen molar-refractivity contribution < 1.29 is 9.84 Å². The zero-order valence-electron chi connectivity index (χ0n) is 8.13. The molecular formula is C9H19NO2. The smallest absolute Gasteiger partial charge is 0.0688 e. The van der Waals surface area contributed by atoms with Crippen molar-refractivity contribution in [2.75, 3.05) is 13.2 Å². The average Bonchev–Trinajstić information content (AvgIpc) is 2.38. The number of hydrogen-bond acceptors (Lipinski definition) is 3. The third-order valence-electron chi connectivity index (χ3n) is 2.55. The quantitative estimate of drug-likeness (QED) is 0.654. The predicted octanol–water partition coefficient (Wildman–Crippen LogP) is 0.524. The molecule has 1 aliphatic rings. The molecule has 2 unspecified atom stereocenters. The topological polar surface area (TPSA) is 41.5 Å². The molecule has 0 bridgehead atoms. The number of ether oxygens (including phenoxy) is 1. The molecule has 72 valence electrons. The molecule has 0 saturated carbocycles. The minimum atomic E-state index is -0.335. The number of hydrogen-bond donors (Lipinski definition) is 2. The molecule has 1 heterocycles. The Morgan fingerprint density at radius 1 is 1.58 bits per heavy atom. The van der Waals surface area contributed by atoms with E-state index in [-0.39, 0.29) is 11.6 Å². The maximum atomic E-state index is 9.44. The van der Waals surface area contributed by atoms with E-state index < -0.39 is 0 Å². The van der Waals surface area contributed by atoms with Crippen LogP contribution in [0.2, 0.25) is 0 Å². The highest BCUT2D eigenvalue weighted by Gasteiger charge is 2.28. The van der Waals surface area contributed by atoms with Crippen molar-refractivity contribution >= 4 is 0 Å². The van der Waals surface area contributed by atoms with Crippen LogP contribution in [0, 0.1) is 0 Å². The zero-order valence-corrected chi connectivity index (χ0v) is 8.13. The minimum absolute atomic E-state index is 0.210. The number of aliphatic hydroxyl groups is 1. The molecule has 0 aromatic carbocycles. The van der Waals surface area contributed by atoms with Gasteiger partial charge in [0.2, 0.25) is 0 Å². The first kappa shape index (κ1) is 9.96.